The number of methoxy groups -OCH3 is 1. The fourth-order valence-electron chi connectivity index (χ4n) is 2.24. The second-order valence-electron chi connectivity index (χ2n) is 5.42. The Bertz CT molecular complexity index is 884. The Hall–Kier alpha value is -2.93. The number of carbonyl (C=O) groups is 1. The number of anilines is 1. The third-order valence-electron chi connectivity index (χ3n) is 3.59. The number of aromatic nitrogens is 1. The molecule has 26 heavy (non-hydrogen) atoms. The molecule has 0 saturated carbocycles. The number of esters is 1. The molecule has 2 aromatic carbocycles. The molecule has 5 nitrogen and oxygen atoms in total. The van der Waals surface area contributed by atoms with Crippen LogP contribution >= 0.6 is 11.3 Å². The predicted molar refractivity (Wildman–Crippen MR) is 98.0 cm³/mol. The summed E-state index contributed by atoms with van der Waals surface area (Å²) in [5, 5.41) is 5.43. The first-order valence-corrected chi connectivity index (χ1v) is 8.76. The van der Waals surface area contributed by atoms with Gasteiger partial charge >= 0.3 is 5.97 Å². The van der Waals surface area contributed by atoms with E-state index < -0.39 is 11.8 Å². The summed E-state index contributed by atoms with van der Waals surface area (Å²) in [6.07, 6.45) is 0. The van der Waals surface area contributed by atoms with Crippen LogP contribution in [-0.4, -0.2) is 18.1 Å². The molecule has 134 valence electrons. The fourth-order valence-corrected chi connectivity index (χ4v) is 2.92. The molecule has 0 saturated heterocycles. The van der Waals surface area contributed by atoms with Crippen LogP contribution < -0.4 is 10.1 Å². The van der Waals surface area contributed by atoms with Gasteiger partial charge in [0.25, 0.3) is 0 Å². The molecule has 0 spiro atoms. The van der Waals surface area contributed by atoms with Crippen molar-refractivity contribution in [3.05, 3.63) is 76.5 Å². The summed E-state index contributed by atoms with van der Waals surface area (Å²) in [5.41, 5.74) is 1.88. The average Bonchev–Trinajstić information content (AvgIpc) is 3.14. The van der Waals surface area contributed by atoms with Gasteiger partial charge in [0.15, 0.2) is 22.4 Å². The van der Waals surface area contributed by atoms with Crippen molar-refractivity contribution in [3.63, 3.8) is 0 Å². The van der Waals surface area contributed by atoms with Gasteiger partial charge in [-0.15, -0.1) is 11.3 Å². The SMILES string of the molecule is COc1ccc(COC(=O)c2csc(NCc3ccccc3)n2)cc1F. The zero-order valence-corrected chi connectivity index (χ0v) is 14.9. The van der Waals surface area contributed by atoms with Gasteiger partial charge in [-0.2, -0.15) is 0 Å². The molecule has 1 aromatic heterocycles. The number of nitrogens with one attached hydrogen (secondary N) is 1. The zero-order chi connectivity index (χ0) is 18.4. The van der Waals surface area contributed by atoms with E-state index in [4.69, 9.17) is 9.47 Å². The number of rotatable bonds is 7. The number of benzene rings is 2. The normalized spacial score (nSPS) is 10.4. The summed E-state index contributed by atoms with van der Waals surface area (Å²) in [6, 6.07) is 14.3. The summed E-state index contributed by atoms with van der Waals surface area (Å²) >= 11 is 1.33. The summed E-state index contributed by atoms with van der Waals surface area (Å²) in [5.74, 6) is -0.902. The van der Waals surface area contributed by atoms with Crippen molar-refractivity contribution >= 4 is 22.4 Å². The lowest BCUT2D eigenvalue weighted by Crippen LogP contribution is -2.06. The highest BCUT2D eigenvalue weighted by Crippen LogP contribution is 2.20. The number of hydrogen-bond acceptors (Lipinski definition) is 6. The first-order valence-electron chi connectivity index (χ1n) is 7.88. The minimum Gasteiger partial charge on any atom is -0.494 e. The topological polar surface area (TPSA) is 60.5 Å². The van der Waals surface area contributed by atoms with Crippen LogP contribution in [0.4, 0.5) is 9.52 Å². The molecule has 0 atom stereocenters. The Labute approximate surface area is 154 Å². The minimum atomic E-state index is -0.551. The highest BCUT2D eigenvalue weighted by Gasteiger charge is 2.13. The van der Waals surface area contributed by atoms with Crippen molar-refractivity contribution in [3.8, 4) is 5.75 Å². The Morgan fingerprint density at radius 3 is 2.73 bits per heavy atom. The molecule has 7 heteroatoms. The Morgan fingerprint density at radius 1 is 1.19 bits per heavy atom. The first-order chi connectivity index (χ1) is 12.7. The van der Waals surface area contributed by atoms with Crippen molar-refractivity contribution in [2.45, 2.75) is 13.2 Å². The van der Waals surface area contributed by atoms with Crippen LogP contribution in [0.1, 0.15) is 21.6 Å². The van der Waals surface area contributed by atoms with E-state index in [1.54, 1.807) is 11.4 Å². The van der Waals surface area contributed by atoms with Gasteiger partial charge < -0.3 is 14.8 Å². The van der Waals surface area contributed by atoms with Gasteiger partial charge in [0, 0.05) is 11.9 Å². The lowest BCUT2D eigenvalue weighted by atomic mass is 10.2. The van der Waals surface area contributed by atoms with Crippen LogP contribution in [0.3, 0.4) is 0 Å². The fraction of sp³-hybridized carbons (Fsp3) is 0.158. The van der Waals surface area contributed by atoms with E-state index in [0.717, 1.165) is 5.56 Å². The van der Waals surface area contributed by atoms with Gasteiger partial charge in [-0.1, -0.05) is 36.4 Å². The average molecular weight is 372 g/mol. The summed E-state index contributed by atoms with van der Waals surface area (Å²) in [7, 11) is 1.39. The van der Waals surface area contributed by atoms with Crippen LogP contribution in [0.2, 0.25) is 0 Å². The quantitative estimate of drug-likeness (QED) is 0.628. The molecular weight excluding hydrogens is 355 g/mol. The molecule has 3 aromatic rings. The first kappa shape index (κ1) is 17.9. The van der Waals surface area contributed by atoms with Crippen molar-refractivity contribution in [1.82, 2.24) is 4.98 Å². The number of nitrogens with zero attached hydrogens (tertiary/aromatic N) is 1. The van der Waals surface area contributed by atoms with Crippen LogP contribution in [0.15, 0.2) is 53.9 Å². The Balaban J connectivity index is 1.53. The van der Waals surface area contributed by atoms with Crippen LogP contribution in [-0.2, 0) is 17.9 Å². The number of ether oxygens (including phenoxy) is 2. The molecule has 1 N–H and O–H groups in total. The second-order valence-corrected chi connectivity index (χ2v) is 6.28. The number of halogens is 1. The van der Waals surface area contributed by atoms with E-state index in [9.17, 15) is 9.18 Å². The standard InChI is InChI=1S/C19H17FN2O3S/c1-24-17-8-7-14(9-15(17)20)11-25-18(23)16-12-26-19(22-16)21-10-13-5-3-2-4-6-13/h2-9,12H,10-11H2,1H3,(H,21,22). The third-order valence-corrected chi connectivity index (χ3v) is 4.39. The molecule has 0 amide bonds. The summed E-state index contributed by atoms with van der Waals surface area (Å²) in [6.45, 7) is 0.581. The second kappa shape index (κ2) is 8.44. The Kier molecular flexibility index (Phi) is 5.80. The molecule has 0 aliphatic carbocycles. The maximum Gasteiger partial charge on any atom is 0.358 e. The van der Waals surface area contributed by atoms with Gasteiger partial charge in [-0.25, -0.2) is 14.2 Å². The van der Waals surface area contributed by atoms with E-state index in [1.165, 1.54) is 30.6 Å². The number of thiazole rings is 1. The zero-order valence-electron chi connectivity index (χ0n) is 14.1. The van der Waals surface area contributed by atoms with E-state index >= 15 is 0 Å². The number of carbonyl (C=O) groups excluding carboxylic acids is 1. The molecule has 0 bridgehead atoms. The van der Waals surface area contributed by atoms with E-state index in [0.29, 0.717) is 17.2 Å². The van der Waals surface area contributed by atoms with Crippen LogP contribution in [0.25, 0.3) is 0 Å². The largest absolute Gasteiger partial charge is 0.494 e. The molecule has 0 radical (unpaired) electrons. The monoisotopic (exact) mass is 372 g/mol. The maximum atomic E-state index is 13.6. The van der Waals surface area contributed by atoms with E-state index in [2.05, 4.69) is 10.3 Å². The van der Waals surface area contributed by atoms with Crippen LogP contribution in [0, 0.1) is 5.82 Å². The molecule has 3 rings (SSSR count). The molecular formula is C19H17FN2O3S. The minimum absolute atomic E-state index is 0.0376. The van der Waals surface area contributed by atoms with Crippen molar-refractivity contribution in [2.75, 3.05) is 12.4 Å². The molecule has 1 heterocycles. The smallest absolute Gasteiger partial charge is 0.358 e. The molecule has 0 unspecified atom stereocenters. The molecule has 0 aliphatic heterocycles. The van der Waals surface area contributed by atoms with Gasteiger partial charge in [-0.3, -0.25) is 0 Å². The van der Waals surface area contributed by atoms with Crippen molar-refractivity contribution < 1.29 is 18.7 Å². The van der Waals surface area contributed by atoms with Gasteiger partial charge in [0.1, 0.15) is 6.61 Å². The van der Waals surface area contributed by atoms with E-state index in [1.807, 2.05) is 30.3 Å². The molecule has 0 fully saturated rings. The number of hydrogen-bond donors (Lipinski definition) is 1. The third kappa shape index (κ3) is 4.58. The molecule has 0 aliphatic rings. The Morgan fingerprint density at radius 2 is 2.00 bits per heavy atom. The lowest BCUT2D eigenvalue weighted by Gasteiger charge is -2.06. The highest BCUT2D eigenvalue weighted by molar-refractivity contribution is 7.13. The van der Waals surface area contributed by atoms with Crippen molar-refractivity contribution in [1.29, 1.82) is 0 Å². The van der Waals surface area contributed by atoms with Crippen LogP contribution in [0.5, 0.6) is 5.75 Å². The van der Waals surface area contributed by atoms with Gasteiger partial charge in [0.05, 0.1) is 7.11 Å². The maximum absolute atomic E-state index is 13.6. The predicted octanol–water partition coefficient (Wildman–Crippen LogP) is 4.26. The summed E-state index contributed by atoms with van der Waals surface area (Å²) in [4.78, 5) is 16.3. The highest BCUT2D eigenvalue weighted by atomic mass is 32.1. The van der Waals surface area contributed by atoms with E-state index in [-0.39, 0.29) is 18.1 Å². The summed E-state index contributed by atoms with van der Waals surface area (Å²) < 4.78 is 23.7. The van der Waals surface area contributed by atoms with Gasteiger partial charge in [0.2, 0.25) is 0 Å². The lowest BCUT2D eigenvalue weighted by molar-refractivity contribution is 0.0466. The van der Waals surface area contributed by atoms with Crippen molar-refractivity contribution in [2.24, 2.45) is 0 Å². The van der Waals surface area contributed by atoms with Gasteiger partial charge in [-0.05, 0) is 23.3 Å².